The van der Waals surface area contributed by atoms with Crippen molar-refractivity contribution in [1.29, 1.82) is 5.26 Å². The summed E-state index contributed by atoms with van der Waals surface area (Å²) in [6, 6.07) is 9.75. The highest BCUT2D eigenvalue weighted by Gasteiger charge is 2.18. The maximum atomic E-state index is 11.1. The summed E-state index contributed by atoms with van der Waals surface area (Å²) in [5.74, 6) is 0.302. The minimum Gasteiger partial charge on any atom is -0.496 e. The van der Waals surface area contributed by atoms with Gasteiger partial charge < -0.3 is 4.74 Å². The van der Waals surface area contributed by atoms with Crippen LogP contribution in [0.5, 0.6) is 5.75 Å². The molecule has 0 atom stereocenters. The van der Waals surface area contributed by atoms with Gasteiger partial charge in [-0.15, -0.1) is 0 Å². The molecule has 2 aromatic rings. The van der Waals surface area contributed by atoms with Crippen LogP contribution in [0.2, 0.25) is 0 Å². The summed E-state index contributed by atoms with van der Waals surface area (Å²) in [6.45, 7) is 0. The molecule has 0 saturated carbocycles. The van der Waals surface area contributed by atoms with E-state index in [0.29, 0.717) is 5.75 Å². The van der Waals surface area contributed by atoms with Gasteiger partial charge in [0.15, 0.2) is 0 Å². The smallest absolute Gasteiger partial charge is 0.297 e. The first-order valence-electron chi connectivity index (χ1n) is 6.49. The maximum absolute atomic E-state index is 11.1. The third-order valence-electron chi connectivity index (χ3n) is 3.06. The third-order valence-corrected chi connectivity index (χ3v) is 3.06. The molecule has 10 nitrogen and oxygen atoms in total. The van der Waals surface area contributed by atoms with Crippen molar-refractivity contribution >= 4 is 22.7 Å². The van der Waals surface area contributed by atoms with Crippen LogP contribution in [-0.4, -0.2) is 17.0 Å². The van der Waals surface area contributed by atoms with E-state index in [9.17, 15) is 20.2 Å². The van der Waals surface area contributed by atoms with Crippen LogP contribution in [-0.2, 0) is 0 Å². The average Bonchev–Trinajstić information content (AvgIpc) is 2.59. The van der Waals surface area contributed by atoms with E-state index in [2.05, 4.69) is 10.9 Å². The molecule has 0 aliphatic heterocycles. The third kappa shape index (κ3) is 3.47. The Morgan fingerprint density at radius 2 is 1.54 bits per heavy atom. The molecule has 0 bridgehead atoms. The van der Waals surface area contributed by atoms with Gasteiger partial charge in [0, 0.05) is 6.07 Å². The highest BCUT2D eigenvalue weighted by molar-refractivity contribution is 5.70. The van der Waals surface area contributed by atoms with Crippen LogP contribution in [0.15, 0.2) is 36.4 Å². The second-order valence-electron chi connectivity index (χ2n) is 4.49. The molecule has 10 heteroatoms. The molecule has 0 unspecified atom stereocenters. The zero-order valence-corrected chi connectivity index (χ0v) is 12.3. The van der Waals surface area contributed by atoms with Crippen molar-refractivity contribution in [2.75, 3.05) is 18.0 Å². The molecule has 2 rings (SSSR count). The lowest BCUT2D eigenvalue weighted by atomic mass is 10.2. The van der Waals surface area contributed by atoms with Crippen molar-refractivity contribution in [3.63, 3.8) is 0 Å². The molecule has 24 heavy (non-hydrogen) atoms. The minimum absolute atomic E-state index is 0.0594. The van der Waals surface area contributed by atoms with Crippen molar-refractivity contribution in [2.45, 2.75) is 0 Å². The SMILES string of the molecule is COc1ccc(NNc2ccc(C#N)cc2[N+](=O)[O-])c([N+](=O)[O-])c1. The molecule has 0 fully saturated rings. The number of anilines is 2. The first kappa shape index (κ1) is 16.5. The highest BCUT2D eigenvalue weighted by atomic mass is 16.6. The Hall–Kier alpha value is -3.87. The zero-order chi connectivity index (χ0) is 17.7. The normalized spacial score (nSPS) is 9.67. The number of rotatable bonds is 6. The molecule has 2 N–H and O–H groups in total. The summed E-state index contributed by atoms with van der Waals surface area (Å²) < 4.78 is 4.93. The molecule has 0 aliphatic carbocycles. The van der Waals surface area contributed by atoms with Gasteiger partial charge in [-0.2, -0.15) is 5.26 Å². The molecule has 0 aliphatic rings. The maximum Gasteiger partial charge on any atom is 0.297 e. The summed E-state index contributed by atoms with van der Waals surface area (Å²) in [7, 11) is 1.38. The fraction of sp³-hybridized carbons (Fsp3) is 0.0714. The van der Waals surface area contributed by atoms with Gasteiger partial charge in [0.2, 0.25) is 0 Å². The summed E-state index contributed by atoms with van der Waals surface area (Å²) >= 11 is 0. The number of hydrogen-bond donors (Lipinski definition) is 2. The number of ether oxygens (including phenoxy) is 1. The van der Waals surface area contributed by atoms with Crippen molar-refractivity contribution in [2.24, 2.45) is 0 Å². The Labute approximate surface area is 135 Å². The lowest BCUT2D eigenvalue weighted by molar-refractivity contribution is -0.384. The Bertz CT molecular complexity index is 846. The van der Waals surface area contributed by atoms with Gasteiger partial charge >= 0.3 is 0 Å². The number of nitro benzene ring substituents is 2. The summed E-state index contributed by atoms with van der Waals surface area (Å²) in [5.41, 5.74) is 4.79. The molecule has 2 aromatic carbocycles. The number of hydrazine groups is 1. The average molecular weight is 329 g/mol. The fourth-order valence-corrected chi connectivity index (χ4v) is 1.89. The van der Waals surface area contributed by atoms with E-state index >= 15 is 0 Å². The highest BCUT2D eigenvalue weighted by Crippen LogP contribution is 2.30. The van der Waals surface area contributed by atoms with Crippen molar-refractivity contribution in [1.82, 2.24) is 0 Å². The number of hydrogen-bond acceptors (Lipinski definition) is 8. The van der Waals surface area contributed by atoms with Gasteiger partial charge in [0.25, 0.3) is 11.4 Å². The minimum atomic E-state index is -0.659. The molecule has 0 aromatic heterocycles. The van der Waals surface area contributed by atoms with Gasteiger partial charge in [0.1, 0.15) is 17.1 Å². The van der Waals surface area contributed by atoms with Crippen molar-refractivity contribution in [3.05, 3.63) is 62.2 Å². The van der Waals surface area contributed by atoms with Crippen LogP contribution in [0, 0.1) is 31.6 Å². The fourth-order valence-electron chi connectivity index (χ4n) is 1.89. The number of nitrogens with one attached hydrogen (secondary N) is 2. The zero-order valence-electron chi connectivity index (χ0n) is 12.3. The predicted octanol–water partition coefficient (Wildman–Crippen LogP) is 2.82. The summed E-state index contributed by atoms with van der Waals surface area (Å²) in [4.78, 5) is 20.9. The lowest BCUT2D eigenvalue weighted by Gasteiger charge is -2.11. The molecule has 122 valence electrons. The second-order valence-corrected chi connectivity index (χ2v) is 4.49. The van der Waals surface area contributed by atoms with E-state index in [1.807, 2.05) is 0 Å². The van der Waals surface area contributed by atoms with Crippen LogP contribution in [0.1, 0.15) is 5.56 Å². The van der Waals surface area contributed by atoms with Gasteiger partial charge in [-0.25, -0.2) is 0 Å². The Morgan fingerprint density at radius 3 is 2.04 bits per heavy atom. The van der Waals surface area contributed by atoms with E-state index in [4.69, 9.17) is 10.00 Å². The van der Waals surface area contributed by atoms with Gasteiger partial charge in [-0.3, -0.25) is 31.1 Å². The Morgan fingerprint density at radius 1 is 1.00 bits per heavy atom. The first-order valence-corrected chi connectivity index (χ1v) is 6.49. The van der Waals surface area contributed by atoms with Gasteiger partial charge in [0.05, 0.1) is 34.7 Å². The van der Waals surface area contributed by atoms with E-state index in [1.165, 1.54) is 37.4 Å². The quantitative estimate of drug-likeness (QED) is 0.608. The predicted molar refractivity (Wildman–Crippen MR) is 84.7 cm³/mol. The van der Waals surface area contributed by atoms with Crippen molar-refractivity contribution in [3.8, 4) is 11.8 Å². The molecule has 0 saturated heterocycles. The topological polar surface area (TPSA) is 143 Å². The standard InChI is InChI=1S/C14H11N5O5/c1-24-10-3-5-12(14(7-10)19(22)23)17-16-11-4-2-9(8-15)6-13(11)18(20)21/h2-7,16-17H,1H3. The Kier molecular flexibility index (Phi) is 4.76. The summed E-state index contributed by atoms with van der Waals surface area (Å²) in [6.07, 6.45) is 0. The molecule has 0 spiro atoms. The Balaban J connectivity index is 2.30. The molecule has 0 radical (unpaired) electrons. The number of benzene rings is 2. The largest absolute Gasteiger partial charge is 0.496 e. The van der Waals surface area contributed by atoms with Crippen LogP contribution in [0.25, 0.3) is 0 Å². The monoisotopic (exact) mass is 329 g/mol. The van der Waals surface area contributed by atoms with E-state index < -0.39 is 9.85 Å². The molecule has 0 amide bonds. The summed E-state index contributed by atoms with van der Waals surface area (Å²) in [5, 5.41) is 31.0. The number of nitrogens with zero attached hydrogens (tertiary/aromatic N) is 3. The van der Waals surface area contributed by atoms with Gasteiger partial charge in [-0.1, -0.05) is 0 Å². The van der Waals surface area contributed by atoms with E-state index in [0.717, 1.165) is 6.07 Å². The van der Waals surface area contributed by atoms with Crippen LogP contribution >= 0.6 is 0 Å². The second kappa shape index (κ2) is 6.93. The van der Waals surface area contributed by atoms with Crippen molar-refractivity contribution < 1.29 is 14.6 Å². The van der Waals surface area contributed by atoms with Gasteiger partial charge in [-0.05, 0) is 24.3 Å². The molecular formula is C14H11N5O5. The molecular weight excluding hydrogens is 318 g/mol. The molecule has 0 heterocycles. The van der Waals surface area contributed by atoms with Crippen LogP contribution in [0.4, 0.5) is 22.7 Å². The first-order chi connectivity index (χ1) is 11.5. The number of methoxy groups -OCH3 is 1. The lowest BCUT2D eigenvalue weighted by Crippen LogP contribution is -2.12. The van der Waals surface area contributed by atoms with Crippen LogP contribution < -0.4 is 15.6 Å². The van der Waals surface area contributed by atoms with Crippen LogP contribution in [0.3, 0.4) is 0 Å². The van der Waals surface area contributed by atoms with E-state index in [-0.39, 0.29) is 28.3 Å². The van der Waals surface area contributed by atoms with E-state index in [1.54, 1.807) is 6.07 Å². The number of nitro groups is 2. The number of nitriles is 1.